The van der Waals surface area contributed by atoms with Crippen LogP contribution < -0.4 is 0 Å². The summed E-state index contributed by atoms with van der Waals surface area (Å²) in [6.07, 6.45) is 2.48. The van der Waals surface area contributed by atoms with Crippen molar-refractivity contribution in [3.63, 3.8) is 0 Å². The van der Waals surface area contributed by atoms with E-state index in [0.717, 1.165) is 19.3 Å². The highest BCUT2D eigenvalue weighted by molar-refractivity contribution is 5.76. The van der Waals surface area contributed by atoms with Crippen LogP contribution in [0.4, 0.5) is 0 Å². The Balaban J connectivity index is 2.54. The molecule has 16 heavy (non-hydrogen) atoms. The van der Waals surface area contributed by atoms with Crippen LogP contribution in [0.25, 0.3) is 0 Å². The third kappa shape index (κ3) is 2.76. The molecule has 1 aliphatic carbocycles. The predicted molar refractivity (Wildman–Crippen MR) is 63.0 cm³/mol. The lowest BCUT2D eigenvalue weighted by atomic mass is 9.72. The van der Waals surface area contributed by atoms with E-state index in [9.17, 15) is 9.90 Å². The van der Waals surface area contributed by atoms with E-state index in [-0.39, 0.29) is 18.0 Å². The summed E-state index contributed by atoms with van der Waals surface area (Å²) in [5.41, 5.74) is -1.17. The quantitative estimate of drug-likeness (QED) is 0.752. The van der Waals surface area contributed by atoms with E-state index in [0.29, 0.717) is 0 Å². The first-order chi connectivity index (χ1) is 7.18. The number of aliphatic hydroxyl groups is 1. The lowest BCUT2D eigenvalue weighted by molar-refractivity contribution is -0.179. The van der Waals surface area contributed by atoms with Crippen LogP contribution in [0.1, 0.15) is 53.9 Å². The lowest BCUT2D eigenvalue weighted by Crippen LogP contribution is -2.49. The van der Waals surface area contributed by atoms with Crippen molar-refractivity contribution in [1.82, 2.24) is 0 Å². The van der Waals surface area contributed by atoms with Gasteiger partial charge in [-0.1, -0.05) is 6.92 Å². The fourth-order valence-corrected chi connectivity index (χ4v) is 1.86. The monoisotopic (exact) mass is 228 g/mol. The summed E-state index contributed by atoms with van der Waals surface area (Å²) in [4.78, 5) is 11.9. The van der Waals surface area contributed by atoms with E-state index in [1.54, 1.807) is 13.8 Å². The highest BCUT2D eigenvalue weighted by atomic mass is 16.5. The van der Waals surface area contributed by atoms with Crippen LogP contribution in [0, 0.1) is 11.3 Å². The Labute approximate surface area is 98.2 Å². The minimum Gasteiger partial charge on any atom is -0.462 e. The minimum absolute atomic E-state index is 0.0871. The van der Waals surface area contributed by atoms with Crippen LogP contribution in [-0.2, 0) is 9.53 Å². The highest BCUT2D eigenvalue weighted by Crippen LogP contribution is 2.39. The molecule has 1 aliphatic rings. The molecule has 1 rings (SSSR count). The van der Waals surface area contributed by atoms with E-state index in [4.69, 9.17) is 4.74 Å². The summed E-state index contributed by atoms with van der Waals surface area (Å²) in [6.45, 7) is 9.33. The van der Waals surface area contributed by atoms with Gasteiger partial charge < -0.3 is 9.84 Å². The van der Waals surface area contributed by atoms with Crippen molar-refractivity contribution in [2.75, 3.05) is 0 Å². The molecule has 2 atom stereocenters. The molecule has 0 radical (unpaired) electrons. The van der Waals surface area contributed by atoms with E-state index < -0.39 is 11.0 Å². The van der Waals surface area contributed by atoms with Gasteiger partial charge in [0.25, 0.3) is 0 Å². The number of esters is 1. The van der Waals surface area contributed by atoms with Crippen molar-refractivity contribution in [2.45, 2.75) is 65.6 Å². The molecule has 0 saturated heterocycles. The van der Waals surface area contributed by atoms with Gasteiger partial charge in [0.15, 0.2) is 0 Å². The van der Waals surface area contributed by atoms with E-state index in [2.05, 4.69) is 0 Å². The Kier molecular flexibility index (Phi) is 3.68. The smallest absolute Gasteiger partial charge is 0.311 e. The molecule has 0 amide bonds. The Morgan fingerprint density at radius 3 is 2.19 bits per heavy atom. The van der Waals surface area contributed by atoms with Crippen molar-refractivity contribution in [3.05, 3.63) is 0 Å². The normalized spacial score (nSPS) is 26.1. The van der Waals surface area contributed by atoms with Crippen LogP contribution in [0.5, 0.6) is 0 Å². The first kappa shape index (κ1) is 13.5. The molecule has 0 aromatic carbocycles. The maximum atomic E-state index is 11.9. The van der Waals surface area contributed by atoms with Crippen LogP contribution in [0.3, 0.4) is 0 Å². The summed E-state index contributed by atoms with van der Waals surface area (Å²) < 4.78 is 5.48. The third-order valence-electron chi connectivity index (χ3n) is 3.81. The average molecular weight is 228 g/mol. The van der Waals surface area contributed by atoms with Gasteiger partial charge in [0.1, 0.15) is 6.10 Å². The molecule has 0 heterocycles. The van der Waals surface area contributed by atoms with Crippen LogP contribution >= 0.6 is 0 Å². The van der Waals surface area contributed by atoms with Crippen molar-refractivity contribution >= 4 is 5.97 Å². The molecule has 0 aliphatic heterocycles. The third-order valence-corrected chi connectivity index (χ3v) is 3.81. The molecule has 0 spiro atoms. The first-order valence-corrected chi connectivity index (χ1v) is 6.12. The number of hydrogen-bond acceptors (Lipinski definition) is 3. The fraction of sp³-hybridized carbons (Fsp3) is 0.923. The van der Waals surface area contributed by atoms with Crippen molar-refractivity contribution in [3.8, 4) is 0 Å². The molecular formula is C13H24O3. The van der Waals surface area contributed by atoms with Crippen molar-refractivity contribution in [1.29, 1.82) is 0 Å². The van der Waals surface area contributed by atoms with E-state index in [1.165, 1.54) is 0 Å². The molecule has 1 N–H and O–H groups in total. The van der Waals surface area contributed by atoms with Gasteiger partial charge in [0, 0.05) is 5.92 Å². The maximum Gasteiger partial charge on any atom is 0.311 e. The zero-order chi connectivity index (χ0) is 12.6. The second kappa shape index (κ2) is 4.36. The second-order valence-electron chi connectivity index (χ2n) is 6.02. The zero-order valence-electron chi connectivity index (χ0n) is 11.0. The Morgan fingerprint density at radius 2 is 1.88 bits per heavy atom. The summed E-state index contributed by atoms with van der Waals surface area (Å²) in [5.74, 6) is -0.0574. The minimum atomic E-state index is -0.750. The Morgan fingerprint density at radius 1 is 1.31 bits per heavy atom. The summed E-state index contributed by atoms with van der Waals surface area (Å²) in [7, 11) is 0. The van der Waals surface area contributed by atoms with Gasteiger partial charge in [-0.2, -0.15) is 0 Å². The summed E-state index contributed by atoms with van der Waals surface area (Å²) in [5, 5.41) is 9.89. The fourth-order valence-electron chi connectivity index (χ4n) is 1.86. The Bertz CT molecular complexity index is 263. The number of carbonyl (C=O) groups is 1. The molecule has 0 bridgehead atoms. The van der Waals surface area contributed by atoms with Crippen LogP contribution in [-0.4, -0.2) is 22.8 Å². The second-order valence-corrected chi connectivity index (χ2v) is 6.02. The molecule has 1 fully saturated rings. The van der Waals surface area contributed by atoms with E-state index >= 15 is 0 Å². The number of carbonyl (C=O) groups excluding carboxylic acids is 1. The van der Waals surface area contributed by atoms with Gasteiger partial charge in [-0.15, -0.1) is 0 Å². The van der Waals surface area contributed by atoms with Gasteiger partial charge >= 0.3 is 5.97 Å². The molecule has 0 aromatic heterocycles. The van der Waals surface area contributed by atoms with Crippen LogP contribution in [0.2, 0.25) is 0 Å². The molecule has 94 valence electrons. The molecule has 3 heteroatoms. The Hall–Kier alpha value is -0.570. The standard InChI is InChI=1S/C13H24O3/c1-6-12(2,3)11(14)16-10-8-7-9(10)13(4,5)15/h9-10,15H,6-8H2,1-5H3. The number of rotatable bonds is 4. The van der Waals surface area contributed by atoms with Gasteiger partial charge in [-0.05, 0) is 47.0 Å². The topological polar surface area (TPSA) is 46.5 Å². The highest BCUT2D eigenvalue weighted by Gasteiger charge is 2.44. The SMILES string of the molecule is CCC(C)(C)C(=O)OC1CCC1C(C)(C)O. The molecule has 0 aromatic rings. The zero-order valence-corrected chi connectivity index (χ0v) is 11.0. The van der Waals surface area contributed by atoms with Crippen LogP contribution in [0.15, 0.2) is 0 Å². The van der Waals surface area contributed by atoms with E-state index in [1.807, 2.05) is 20.8 Å². The summed E-state index contributed by atoms with van der Waals surface area (Å²) in [6, 6.07) is 0. The largest absolute Gasteiger partial charge is 0.462 e. The molecule has 3 nitrogen and oxygen atoms in total. The molecular weight excluding hydrogens is 204 g/mol. The van der Waals surface area contributed by atoms with Crippen molar-refractivity contribution in [2.24, 2.45) is 11.3 Å². The predicted octanol–water partition coefficient (Wildman–Crippen LogP) is 2.52. The van der Waals surface area contributed by atoms with Gasteiger partial charge in [0.2, 0.25) is 0 Å². The van der Waals surface area contributed by atoms with Gasteiger partial charge in [-0.3, -0.25) is 4.79 Å². The molecule has 2 unspecified atom stereocenters. The lowest BCUT2D eigenvalue weighted by Gasteiger charge is -2.44. The number of ether oxygens (including phenoxy) is 1. The maximum absolute atomic E-state index is 11.9. The number of hydrogen-bond donors (Lipinski definition) is 1. The first-order valence-electron chi connectivity index (χ1n) is 6.12. The van der Waals surface area contributed by atoms with Gasteiger partial charge in [-0.25, -0.2) is 0 Å². The van der Waals surface area contributed by atoms with Gasteiger partial charge in [0.05, 0.1) is 11.0 Å². The molecule has 1 saturated carbocycles. The average Bonchev–Trinajstić information content (AvgIpc) is 2.08. The van der Waals surface area contributed by atoms with Crippen molar-refractivity contribution < 1.29 is 14.6 Å². The summed E-state index contributed by atoms with van der Waals surface area (Å²) >= 11 is 0.